The first-order valence-corrected chi connectivity index (χ1v) is 11.3. The van der Waals surface area contributed by atoms with Gasteiger partial charge in [-0.3, -0.25) is 0 Å². The Morgan fingerprint density at radius 3 is 2.04 bits per heavy atom. The molecular weight excluding hydrogens is 328 g/mol. The number of hydrogen-bond acceptors (Lipinski definition) is 2. The highest BCUT2D eigenvalue weighted by Crippen LogP contribution is 2.14. The van der Waals surface area contributed by atoms with Crippen LogP contribution in [0.25, 0.3) is 5.53 Å². The van der Waals surface area contributed by atoms with E-state index in [0.717, 1.165) is 24.3 Å². The van der Waals surface area contributed by atoms with Gasteiger partial charge in [0.05, 0.1) is 12.2 Å². The molecule has 0 N–H and O–H groups in total. The number of unbranched alkanes of at least 4 members (excludes halogenated alkanes) is 8. The normalized spacial score (nSPS) is 11.0. The molecule has 0 aliphatic carbocycles. The molecule has 1 aromatic rings. The van der Waals surface area contributed by atoms with E-state index in [0.29, 0.717) is 5.71 Å². The average Bonchev–Trinajstić information content (AvgIpc) is 2.65. The summed E-state index contributed by atoms with van der Waals surface area (Å²) in [5.74, 6) is 0.881. The van der Waals surface area contributed by atoms with E-state index < -0.39 is 0 Å². The summed E-state index contributed by atoms with van der Waals surface area (Å²) in [7, 11) is 1.65. The van der Waals surface area contributed by atoms with Crippen molar-refractivity contribution >= 4 is 15.5 Å². The number of ether oxygens (including phenoxy) is 1. The van der Waals surface area contributed by atoms with Crippen LogP contribution in [0.3, 0.4) is 0 Å². The van der Waals surface area contributed by atoms with E-state index in [1.54, 1.807) is 6.92 Å². The van der Waals surface area contributed by atoms with Gasteiger partial charge in [0.2, 0.25) is 0 Å². The Hall–Kier alpha value is -1.42. The van der Waals surface area contributed by atoms with Crippen molar-refractivity contribution in [2.24, 2.45) is 0 Å². The Morgan fingerprint density at radius 2 is 1.48 bits per heavy atom. The van der Waals surface area contributed by atoms with Crippen LogP contribution in [-0.4, -0.2) is 34.0 Å². The van der Waals surface area contributed by atoms with Gasteiger partial charge < -0.3 is 14.7 Å². The molecular formula is C20H34N2O2Si. The Balaban J connectivity index is 1.92. The molecule has 4 nitrogen and oxygen atoms in total. The molecule has 0 unspecified atom stereocenters. The second kappa shape index (κ2) is 14.9. The smallest absolute Gasteiger partial charge is 0.296 e. The minimum Gasteiger partial charge on any atom is -0.494 e. The van der Waals surface area contributed by atoms with Crippen LogP contribution in [0.1, 0.15) is 70.3 Å². The highest BCUT2D eigenvalue weighted by molar-refractivity contribution is 6.26. The zero-order valence-corrected chi connectivity index (χ0v) is 17.4. The van der Waals surface area contributed by atoms with Gasteiger partial charge in [0.25, 0.3) is 5.71 Å². The van der Waals surface area contributed by atoms with Gasteiger partial charge in [-0.05, 0) is 36.7 Å². The fourth-order valence-corrected chi connectivity index (χ4v) is 3.65. The van der Waals surface area contributed by atoms with Crippen molar-refractivity contribution in [2.45, 2.75) is 70.8 Å². The predicted molar refractivity (Wildman–Crippen MR) is 107 cm³/mol. The first-order chi connectivity index (χ1) is 12.3. The number of nitrogens with zero attached hydrogens (tertiary/aromatic N) is 2. The van der Waals surface area contributed by atoms with Gasteiger partial charge in [0, 0.05) is 14.0 Å². The predicted octanol–water partition coefficient (Wildman–Crippen LogP) is 4.76. The quantitative estimate of drug-likeness (QED) is 0.148. The van der Waals surface area contributed by atoms with Gasteiger partial charge in [0.15, 0.2) is 9.76 Å². The summed E-state index contributed by atoms with van der Waals surface area (Å²) in [5.41, 5.74) is 10.3. The summed E-state index contributed by atoms with van der Waals surface area (Å²) >= 11 is 0. The summed E-state index contributed by atoms with van der Waals surface area (Å²) in [6.45, 7) is 2.55. The SMILES string of the molecule is CO[SiH2]CCCCCCCCCCCOc1ccc(C(C)=[N+]=[N-])cc1. The van der Waals surface area contributed by atoms with Gasteiger partial charge >= 0.3 is 0 Å². The molecule has 0 saturated carbocycles. The van der Waals surface area contributed by atoms with Crippen molar-refractivity contribution < 1.29 is 14.0 Å². The molecule has 25 heavy (non-hydrogen) atoms. The zero-order chi connectivity index (χ0) is 18.2. The summed E-state index contributed by atoms with van der Waals surface area (Å²) in [4.78, 5) is 3.20. The Labute approximate surface area is 155 Å². The highest BCUT2D eigenvalue weighted by Gasteiger charge is 2.04. The minimum absolute atomic E-state index is 0.188. The summed E-state index contributed by atoms with van der Waals surface area (Å²) in [6.07, 6.45) is 11.9. The van der Waals surface area contributed by atoms with Gasteiger partial charge in [-0.25, -0.2) is 0 Å². The molecule has 0 heterocycles. The lowest BCUT2D eigenvalue weighted by Crippen LogP contribution is -1.99. The third-order valence-electron chi connectivity index (χ3n) is 4.43. The van der Waals surface area contributed by atoms with Crippen molar-refractivity contribution in [3.8, 4) is 5.75 Å². The Kier molecular flexibility index (Phi) is 12.9. The lowest BCUT2D eigenvalue weighted by Gasteiger charge is -2.06. The number of benzene rings is 1. The monoisotopic (exact) mass is 362 g/mol. The largest absolute Gasteiger partial charge is 0.494 e. The molecule has 0 aromatic heterocycles. The first kappa shape index (κ1) is 21.6. The molecule has 0 spiro atoms. The van der Waals surface area contributed by atoms with Crippen molar-refractivity contribution in [1.29, 1.82) is 0 Å². The second-order valence-corrected chi connectivity index (χ2v) is 8.28. The first-order valence-electron chi connectivity index (χ1n) is 9.68. The van der Waals surface area contributed by atoms with Gasteiger partial charge in [-0.1, -0.05) is 51.4 Å². The lowest BCUT2D eigenvalue weighted by atomic mass is 10.1. The highest BCUT2D eigenvalue weighted by atomic mass is 28.2. The van der Waals surface area contributed by atoms with Crippen LogP contribution in [0, 0.1) is 0 Å². The molecule has 5 heteroatoms. The van der Waals surface area contributed by atoms with Crippen LogP contribution in [0.15, 0.2) is 24.3 Å². The maximum atomic E-state index is 8.75. The van der Waals surface area contributed by atoms with Crippen LogP contribution in [0.4, 0.5) is 0 Å². The molecule has 1 aromatic carbocycles. The van der Waals surface area contributed by atoms with Crippen LogP contribution >= 0.6 is 0 Å². The molecule has 0 aliphatic rings. The topological polar surface area (TPSA) is 54.9 Å². The number of rotatable bonds is 15. The van der Waals surface area contributed by atoms with E-state index in [-0.39, 0.29) is 9.76 Å². The van der Waals surface area contributed by atoms with Crippen molar-refractivity contribution in [3.63, 3.8) is 0 Å². The van der Waals surface area contributed by atoms with Crippen LogP contribution < -0.4 is 4.74 Å². The Bertz CT molecular complexity index is 499. The van der Waals surface area contributed by atoms with Crippen LogP contribution in [0.2, 0.25) is 6.04 Å². The maximum absolute atomic E-state index is 8.75. The van der Waals surface area contributed by atoms with Crippen molar-refractivity contribution in [2.75, 3.05) is 13.7 Å². The molecule has 0 atom stereocenters. The molecule has 0 saturated heterocycles. The Morgan fingerprint density at radius 1 is 0.920 bits per heavy atom. The van der Waals surface area contributed by atoms with Crippen LogP contribution in [-0.2, 0) is 4.43 Å². The molecule has 1 rings (SSSR count). The van der Waals surface area contributed by atoms with Crippen molar-refractivity contribution in [3.05, 3.63) is 35.4 Å². The van der Waals surface area contributed by atoms with E-state index in [2.05, 4.69) is 4.79 Å². The molecule has 0 aliphatic heterocycles. The second-order valence-electron chi connectivity index (χ2n) is 6.59. The summed E-state index contributed by atoms with van der Waals surface area (Å²) in [6, 6.07) is 9.04. The van der Waals surface area contributed by atoms with Gasteiger partial charge in [-0.2, -0.15) is 4.79 Å². The summed E-state index contributed by atoms with van der Waals surface area (Å²) in [5, 5.41) is 0. The van der Waals surface area contributed by atoms with Crippen LogP contribution in [0.5, 0.6) is 5.75 Å². The van der Waals surface area contributed by atoms with E-state index in [4.69, 9.17) is 14.7 Å². The zero-order valence-electron chi connectivity index (χ0n) is 16.0. The molecule has 0 fully saturated rings. The fraction of sp³-hybridized carbons (Fsp3) is 0.650. The molecule has 140 valence electrons. The van der Waals surface area contributed by atoms with Gasteiger partial charge in [-0.15, -0.1) is 0 Å². The third kappa shape index (κ3) is 10.9. The van der Waals surface area contributed by atoms with E-state index in [1.807, 2.05) is 31.4 Å². The van der Waals surface area contributed by atoms with Crippen molar-refractivity contribution in [1.82, 2.24) is 0 Å². The maximum Gasteiger partial charge on any atom is 0.296 e. The van der Waals surface area contributed by atoms with E-state index in [1.165, 1.54) is 57.4 Å². The fourth-order valence-electron chi connectivity index (χ4n) is 2.80. The average molecular weight is 363 g/mol. The van der Waals surface area contributed by atoms with E-state index >= 15 is 0 Å². The molecule has 0 amide bonds. The summed E-state index contributed by atoms with van der Waals surface area (Å²) < 4.78 is 11.0. The molecule has 0 bridgehead atoms. The third-order valence-corrected chi connectivity index (χ3v) is 5.63. The van der Waals surface area contributed by atoms with E-state index in [9.17, 15) is 0 Å². The molecule has 0 radical (unpaired) electrons. The standard InChI is InChI=1S/C20H34N2O2Si/c1-18(22-21)19-12-14-20(15-13-19)24-16-10-8-6-4-3-5-7-9-11-17-25-23-2/h12-15H,3-11,16-17,25H2,1-2H3. The lowest BCUT2D eigenvalue weighted by molar-refractivity contribution is -0.00460. The van der Waals surface area contributed by atoms with Gasteiger partial charge in [0.1, 0.15) is 5.75 Å². The minimum atomic E-state index is -0.188. The number of hydrogen-bond donors (Lipinski definition) is 0.